The fraction of sp³-hybridized carbons (Fsp3) is 0.600. The highest BCUT2D eigenvalue weighted by Crippen LogP contribution is 2.32. The maximum Gasteiger partial charge on any atom is 0.191 e. The summed E-state index contributed by atoms with van der Waals surface area (Å²) in [5, 5.41) is 15.8. The average Bonchev–Trinajstić information content (AvgIpc) is 2.62. The average molecular weight is 485 g/mol. The van der Waals surface area contributed by atoms with Crippen LogP contribution in [0, 0.1) is 17.1 Å². The molecule has 2 heterocycles. The maximum atomic E-state index is 14.0. The highest BCUT2D eigenvalue weighted by molar-refractivity contribution is 14.0. The lowest BCUT2D eigenvalue weighted by Gasteiger charge is -2.47. The maximum absolute atomic E-state index is 14.0. The normalized spacial score (nSPS) is 25.3. The van der Waals surface area contributed by atoms with Gasteiger partial charge in [-0.3, -0.25) is 0 Å². The van der Waals surface area contributed by atoms with E-state index in [4.69, 9.17) is 5.26 Å². The SMILES string of the molecule is CCNC(=NCc1cc(C#N)ccc1F)NC1CC2CCCC(C1)N2C.I. The van der Waals surface area contributed by atoms with Gasteiger partial charge in [0.05, 0.1) is 18.2 Å². The van der Waals surface area contributed by atoms with Crippen molar-refractivity contribution in [2.75, 3.05) is 13.6 Å². The summed E-state index contributed by atoms with van der Waals surface area (Å²) >= 11 is 0. The fourth-order valence-electron chi connectivity index (χ4n) is 4.18. The van der Waals surface area contributed by atoms with Crippen LogP contribution in [-0.2, 0) is 6.54 Å². The number of nitrogens with zero attached hydrogens (tertiary/aromatic N) is 3. The molecule has 2 atom stereocenters. The predicted octanol–water partition coefficient (Wildman–Crippen LogP) is 3.39. The molecule has 2 saturated heterocycles. The highest BCUT2D eigenvalue weighted by Gasteiger charge is 2.36. The van der Waals surface area contributed by atoms with Gasteiger partial charge in [0.2, 0.25) is 0 Å². The molecule has 27 heavy (non-hydrogen) atoms. The van der Waals surface area contributed by atoms with Gasteiger partial charge in [-0.25, -0.2) is 9.38 Å². The smallest absolute Gasteiger partial charge is 0.191 e. The molecule has 2 aliphatic rings. The van der Waals surface area contributed by atoms with Crippen LogP contribution in [0.15, 0.2) is 23.2 Å². The minimum Gasteiger partial charge on any atom is -0.357 e. The van der Waals surface area contributed by atoms with E-state index in [1.807, 2.05) is 13.0 Å². The first-order chi connectivity index (χ1) is 12.6. The first-order valence-electron chi connectivity index (χ1n) is 9.56. The number of fused-ring (bicyclic) bond motifs is 2. The van der Waals surface area contributed by atoms with Gasteiger partial charge in [-0.05, 0) is 57.9 Å². The van der Waals surface area contributed by atoms with Gasteiger partial charge in [-0.15, -0.1) is 24.0 Å². The molecule has 5 nitrogen and oxygen atoms in total. The van der Waals surface area contributed by atoms with E-state index in [2.05, 4.69) is 27.6 Å². The summed E-state index contributed by atoms with van der Waals surface area (Å²) in [4.78, 5) is 7.09. The van der Waals surface area contributed by atoms with Crippen molar-refractivity contribution in [3.05, 3.63) is 35.1 Å². The van der Waals surface area contributed by atoms with Crippen molar-refractivity contribution < 1.29 is 4.39 Å². The van der Waals surface area contributed by atoms with E-state index in [0.717, 1.165) is 25.3 Å². The Morgan fingerprint density at radius 3 is 2.67 bits per heavy atom. The van der Waals surface area contributed by atoms with Crippen LogP contribution < -0.4 is 10.6 Å². The molecule has 1 aromatic rings. The summed E-state index contributed by atoms with van der Waals surface area (Å²) in [6.07, 6.45) is 6.11. The van der Waals surface area contributed by atoms with Crippen LogP contribution in [0.4, 0.5) is 4.39 Å². The molecular weight excluding hydrogens is 456 g/mol. The number of benzene rings is 1. The summed E-state index contributed by atoms with van der Waals surface area (Å²) in [6.45, 7) is 3.00. The molecule has 0 radical (unpaired) electrons. The second kappa shape index (κ2) is 10.2. The van der Waals surface area contributed by atoms with Gasteiger partial charge in [-0.1, -0.05) is 6.42 Å². The van der Waals surface area contributed by atoms with Crippen molar-refractivity contribution in [1.82, 2.24) is 15.5 Å². The third kappa shape index (κ3) is 5.55. The zero-order chi connectivity index (χ0) is 18.5. The number of hydrogen-bond donors (Lipinski definition) is 2. The molecule has 2 N–H and O–H groups in total. The second-order valence-corrected chi connectivity index (χ2v) is 7.33. The Morgan fingerprint density at radius 2 is 2.04 bits per heavy atom. The quantitative estimate of drug-likeness (QED) is 0.390. The summed E-state index contributed by atoms with van der Waals surface area (Å²) in [6, 6.07) is 8.13. The number of guanidine groups is 1. The molecule has 0 saturated carbocycles. The third-order valence-corrected chi connectivity index (χ3v) is 5.61. The molecule has 1 aromatic carbocycles. The van der Waals surface area contributed by atoms with Crippen LogP contribution in [-0.4, -0.2) is 42.6 Å². The van der Waals surface area contributed by atoms with Crippen molar-refractivity contribution in [3.8, 4) is 6.07 Å². The third-order valence-electron chi connectivity index (χ3n) is 5.61. The van der Waals surface area contributed by atoms with Crippen LogP contribution in [0.5, 0.6) is 0 Å². The summed E-state index contributed by atoms with van der Waals surface area (Å²) in [5.41, 5.74) is 0.902. The number of halogens is 2. The molecule has 2 unspecified atom stereocenters. The zero-order valence-corrected chi connectivity index (χ0v) is 18.4. The van der Waals surface area contributed by atoms with Crippen LogP contribution in [0.1, 0.15) is 50.2 Å². The van der Waals surface area contributed by atoms with E-state index < -0.39 is 0 Å². The second-order valence-electron chi connectivity index (χ2n) is 7.33. The molecule has 3 rings (SSSR count). The van der Waals surface area contributed by atoms with Crippen molar-refractivity contribution in [2.24, 2.45) is 4.99 Å². The van der Waals surface area contributed by atoms with Crippen LogP contribution in [0.25, 0.3) is 0 Å². The molecule has 2 fully saturated rings. The monoisotopic (exact) mass is 485 g/mol. The Balaban J connectivity index is 0.00000261. The standard InChI is InChI=1S/C20H28FN5.HI/c1-3-23-20(24-13-15-9-14(12-22)7-8-19(15)21)25-16-10-17-5-4-6-18(11-16)26(17)2;/h7-9,16-18H,3-6,10-11,13H2,1-2H3,(H2,23,24,25);1H. The van der Waals surface area contributed by atoms with E-state index in [1.165, 1.54) is 31.4 Å². The van der Waals surface area contributed by atoms with Gasteiger partial charge in [0.25, 0.3) is 0 Å². The van der Waals surface area contributed by atoms with Gasteiger partial charge in [-0.2, -0.15) is 5.26 Å². The Kier molecular flexibility index (Phi) is 8.29. The van der Waals surface area contributed by atoms with E-state index in [9.17, 15) is 4.39 Å². The van der Waals surface area contributed by atoms with Crippen LogP contribution >= 0.6 is 24.0 Å². The molecule has 2 aliphatic heterocycles. The number of hydrogen-bond acceptors (Lipinski definition) is 3. The largest absolute Gasteiger partial charge is 0.357 e. The molecule has 0 spiro atoms. The molecule has 0 aliphatic carbocycles. The van der Waals surface area contributed by atoms with Crippen LogP contribution in [0.2, 0.25) is 0 Å². The molecule has 0 amide bonds. The van der Waals surface area contributed by atoms with E-state index >= 15 is 0 Å². The van der Waals surface area contributed by atoms with Crippen molar-refractivity contribution in [2.45, 2.75) is 63.7 Å². The number of nitriles is 1. The van der Waals surface area contributed by atoms with Crippen molar-refractivity contribution in [3.63, 3.8) is 0 Å². The number of nitrogens with one attached hydrogen (secondary N) is 2. The number of rotatable bonds is 4. The first kappa shape index (κ1) is 21.9. The van der Waals surface area contributed by atoms with Gasteiger partial charge < -0.3 is 15.5 Å². The molecule has 2 bridgehead atoms. The predicted molar refractivity (Wildman–Crippen MR) is 117 cm³/mol. The summed E-state index contributed by atoms with van der Waals surface area (Å²) in [7, 11) is 2.25. The zero-order valence-electron chi connectivity index (χ0n) is 16.0. The lowest BCUT2D eigenvalue weighted by Crippen LogP contribution is -2.56. The molecule has 0 aromatic heterocycles. The summed E-state index contributed by atoms with van der Waals surface area (Å²) < 4.78 is 14.0. The Bertz CT molecular complexity index is 688. The van der Waals surface area contributed by atoms with Crippen molar-refractivity contribution >= 4 is 29.9 Å². The molecule has 148 valence electrons. The molecule has 7 heteroatoms. The molecular formula is C20H29FIN5. The first-order valence-corrected chi connectivity index (χ1v) is 9.56. The Hall–Kier alpha value is -1.40. The summed E-state index contributed by atoms with van der Waals surface area (Å²) in [5.74, 6) is 0.402. The topological polar surface area (TPSA) is 63.5 Å². The number of aliphatic imine (C=N–C) groups is 1. The number of piperidine rings is 2. The van der Waals surface area contributed by atoms with Gasteiger partial charge in [0.1, 0.15) is 5.82 Å². The lowest BCUT2D eigenvalue weighted by molar-refractivity contribution is 0.0526. The Morgan fingerprint density at radius 1 is 1.33 bits per heavy atom. The van der Waals surface area contributed by atoms with Gasteiger partial charge in [0, 0.05) is 30.2 Å². The fourth-order valence-corrected chi connectivity index (χ4v) is 4.18. The van der Waals surface area contributed by atoms with E-state index in [-0.39, 0.29) is 36.3 Å². The van der Waals surface area contributed by atoms with E-state index in [0.29, 0.717) is 29.3 Å². The minimum atomic E-state index is -0.322. The van der Waals surface area contributed by atoms with Gasteiger partial charge >= 0.3 is 0 Å². The van der Waals surface area contributed by atoms with Gasteiger partial charge in [0.15, 0.2) is 5.96 Å². The van der Waals surface area contributed by atoms with E-state index in [1.54, 1.807) is 6.07 Å². The Labute approximate surface area is 178 Å². The minimum absolute atomic E-state index is 0. The van der Waals surface area contributed by atoms with Crippen molar-refractivity contribution in [1.29, 1.82) is 5.26 Å². The highest BCUT2D eigenvalue weighted by atomic mass is 127. The lowest BCUT2D eigenvalue weighted by atomic mass is 9.82. The van der Waals surface area contributed by atoms with Crippen LogP contribution in [0.3, 0.4) is 0 Å².